The van der Waals surface area contributed by atoms with Crippen molar-refractivity contribution in [3.63, 3.8) is 0 Å². The fourth-order valence-corrected chi connectivity index (χ4v) is 1.93. The van der Waals surface area contributed by atoms with Crippen molar-refractivity contribution in [2.45, 2.75) is 31.3 Å². The molecule has 1 aliphatic carbocycles. The van der Waals surface area contributed by atoms with E-state index >= 15 is 0 Å². The molecule has 0 aromatic carbocycles. The van der Waals surface area contributed by atoms with Crippen LogP contribution < -0.4 is 0 Å². The smallest absolute Gasteiger partial charge is 0.0623 e. The lowest BCUT2D eigenvalue weighted by molar-refractivity contribution is 0.148. The summed E-state index contributed by atoms with van der Waals surface area (Å²) in [6, 6.07) is 3.97. The molecule has 0 radical (unpaired) electrons. The molecule has 1 aromatic heterocycles. The van der Waals surface area contributed by atoms with E-state index in [4.69, 9.17) is 0 Å². The van der Waals surface area contributed by atoms with Crippen LogP contribution >= 0.6 is 15.9 Å². The van der Waals surface area contributed by atoms with E-state index in [2.05, 4.69) is 20.9 Å². The van der Waals surface area contributed by atoms with E-state index in [1.807, 2.05) is 19.1 Å². The predicted molar refractivity (Wildman–Crippen MR) is 54.5 cm³/mol. The first kappa shape index (κ1) is 9.16. The minimum Gasteiger partial charge on any atom is -0.392 e. The van der Waals surface area contributed by atoms with Gasteiger partial charge in [0.25, 0.3) is 0 Å². The standard InChI is InChI=1S/C10H12BrNO/c1-7(13)10(4-5-10)9-3-2-8(11)6-12-9/h2-3,6-7,13H,4-5H2,1H3. The molecule has 1 atom stereocenters. The molecule has 1 saturated carbocycles. The van der Waals surface area contributed by atoms with Crippen LogP contribution in [0.2, 0.25) is 0 Å². The van der Waals surface area contributed by atoms with Crippen molar-refractivity contribution in [3.05, 3.63) is 28.5 Å². The van der Waals surface area contributed by atoms with Crippen molar-refractivity contribution in [3.8, 4) is 0 Å². The third-order valence-corrected chi connectivity index (χ3v) is 3.29. The van der Waals surface area contributed by atoms with E-state index in [1.54, 1.807) is 6.20 Å². The number of pyridine rings is 1. The average Bonchev–Trinajstić information content (AvgIpc) is 2.86. The largest absolute Gasteiger partial charge is 0.392 e. The Bertz CT molecular complexity index is 303. The van der Waals surface area contributed by atoms with E-state index in [0.717, 1.165) is 23.0 Å². The Kier molecular flexibility index (Phi) is 2.16. The summed E-state index contributed by atoms with van der Waals surface area (Å²) in [6.45, 7) is 1.84. The molecule has 3 heteroatoms. The molecule has 0 spiro atoms. The number of hydrogen-bond acceptors (Lipinski definition) is 2. The van der Waals surface area contributed by atoms with Crippen LogP contribution in [0.5, 0.6) is 0 Å². The van der Waals surface area contributed by atoms with Gasteiger partial charge in [0, 0.05) is 21.8 Å². The average molecular weight is 242 g/mol. The molecule has 0 saturated heterocycles. The van der Waals surface area contributed by atoms with Crippen molar-refractivity contribution < 1.29 is 5.11 Å². The zero-order valence-corrected chi connectivity index (χ0v) is 9.08. The van der Waals surface area contributed by atoms with Gasteiger partial charge in [-0.3, -0.25) is 4.98 Å². The van der Waals surface area contributed by atoms with E-state index in [-0.39, 0.29) is 11.5 Å². The molecule has 2 nitrogen and oxygen atoms in total. The number of rotatable bonds is 2. The van der Waals surface area contributed by atoms with Gasteiger partial charge in [-0.25, -0.2) is 0 Å². The van der Waals surface area contributed by atoms with Gasteiger partial charge in [-0.15, -0.1) is 0 Å². The van der Waals surface area contributed by atoms with Gasteiger partial charge in [-0.05, 0) is 47.8 Å². The Morgan fingerprint density at radius 3 is 2.62 bits per heavy atom. The topological polar surface area (TPSA) is 33.1 Å². The molecule has 1 unspecified atom stereocenters. The Morgan fingerprint density at radius 1 is 1.54 bits per heavy atom. The van der Waals surface area contributed by atoms with Gasteiger partial charge in [0.15, 0.2) is 0 Å². The molecule has 1 heterocycles. The van der Waals surface area contributed by atoms with Gasteiger partial charge < -0.3 is 5.11 Å². The van der Waals surface area contributed by atoms with Crippen molar-refractivity contribution in [1.29, 1.82) is 0 Å². The Morgan fingerprint density at radius 2 is 2.23 bits per heavy atom. The Hall–Kier alpha value is -0.410. The third-order valence-electron chi connectivity index (χ3n) is 2.83. The lowest BCUT2D eigenvalue weighted by Gasteiger charge is -2.17. The summed E-state index contributed by atoms with van der Waals surface area (Å²) in [5.41, 5.74) is 0.978. The van der Waals surface area contributed by atoms with Crippen LogP contribution in [0.25, 0.3) is 0 Å². The Labute approximate surface area is 86.1 Å². The maximum absolute atomic E-state index is 9.61. The predicted octanol–water partition coefficient (Wildman–Crippen LogP) is 2.26. The molecular formula is C10H12BrNO. The zero-order valence-electron chi connectivity index (χ0n) is 7.50. The first-order chi connectivity index (χ1) is 6.15. The van der Waals surface area contributed by atoms with Crippen molar-refractivity contribution >= 4 is 15.9 Å². The SMILES string of the molecule is CC(O)C1(c2ccc(Br)cn2)CC1. The van der Waals surface area contributed by atoms with Crippen LogP contribution in [-0.4, -0.2) is 16.2 Å². The van der Waals surface area contributed by atoms with Crippen LogP contribution in [0.1, 0.15) is 25.5 Å². The highest BCUT2D eigenvalue weighted by atomic mass is 79.9. The van der Waals surface area contributed by atoms with Crippen LogP contribution in [0.4, 0.5) is 0 Å². The number of hydrogen-bond donors (Lipinski definition) is 1. The lowest BCUT2D eigenvalue weighted by Crippen LogP contribution is -2.23. The number of nitrogens with zero attached hydrogens (tertiary/aromatic N) is 1. The molecule has 1 aliphatic rings. The van der Waals surface area contributed by atoms with Gasteiger partial charge >= 0.3 is 0 Å². The highest BCUT2D eigenvalue weighted by molar-refractivity contribution is 9.10. The number of aliphatic hydroxyl groups is 1. The second kappa shape index (κ2) is 3.07. The van der Waals surface area contributed by atoms with Gasteiger partial charge in [0.05, 0.1) is 6.10 Å². The first-order valence-electron chi connectivity index (χ1n) is 4.45. The van der Waals surface area contributed by atoms with Gasteiger partial charge in [-0.2, -0.15) is 0 Å². The van der Waals surface area contributed by atoms with Crippen LogP contribution in [0, 0.1) is 0 Å². The number of halogens is 1. The molecule has 0 bridgehead atoms. The fourth-order valence-electron chi connectivity index (χ4n) is 1.69. The first-order valence-corrected chi connectivity index (χ1v) is 5.24. The maximum Gasteiger partial charge on any atom is 0.0623 e. The highest BCUT2D eigenvalue weighted by Crippen LogP contribution is 2.50. The fraction of sp³-hybridized carbons (Fsp3) is 0.500. The van der Waals surface area contributed by atoms with Gasteiger partial charge in [0.1, 0.15) is 0 Å². The summed E-state index contributed by atoms with van der Waals surface area (Å²) in [4.78, 5) is 4.33. The van der Waals surface area contributed by atoms with Crippen molar-refractivity contribution in [1.82, 2.24) is 4.98 Å². The summed E-state index contributed by atoms with van der Waals surface area (Å²) < 4.78 is 0.984. The molecule has 2 rings (SSSR count). The highest BCUT2D eigenvalue weighted by Gasteiger charge is 2.49. The number of aliphatic hydroxyl groups excluding tert-OH is 1. The summed E-state index contributed by atoms with van der Waals surface area (Å²) in [7, 11) is 0. The molecule has 0 amide bonds. The summed E-state index contributed by atoms with van der Waals surface area (Å²) >= 11 is 3.34. The van der Waals surface area contributed by atoms with Crippen LogP contribution in [0.3, 0.4) is 0 Å². The summed E-state index contributed by atoms with van der Waals surface area (Å²) in [5, 5.41) is 9.61. The molecule has 1 N–H and O–H groups in total. The minimum absolute atomic E-state index is 0.0410. The van der Waals surface area contributed by atoms with E-state index in [0.29, 0.717) is 0 Å². The second-order valence-corrected chi connectivity index (χ2v) is 4.61. The molecule has 70 valence electrons. The minimum atomic E-state index is -0.291. The van der Waals surface area contributed by atoms with E-state index < -0.39 is 0 Å². The molecule has 13 heavy (non-hydrogen) atoms. The third kappa shape index (κ3) is 1.51. The monoisotopic (exact) mass is 241 g/mol. The van der Waals surface area contributed by atoms with E-state index in [9.17, 15) is 5.11 Å². The van der Waals surface area contributed by atoms with E-state index in [1.165, 1.54) is 0 Å². The normalized spacial score (nSPS) is 21.2. The van der Waals surface area contributed by atoms with Crippen LogP contribution in [0.15, 0.2) is 22.8 Å². The number of aromatic nitrogens is 1. The molecule has 1 fully saturated rings. The van der Waals surface area contributed by atoms with Gasteiger partial charge in [-0.1, -0.05) is 0 Å². The van der Waals surface area contributed by atoms with Crippen LogP contribution in [-0.2, 0) is 5.41 Å². The summed E-state index contributed by atoms with van der Waals surface area (Å²) in [6.07, 6.45) is 3.61. The molecular weight excluding hydrogens is 230 g/mol. The van der Waals surface area contributed by atoms with Gasteiger partial charge in [0.2, 0.25) is 0 Å². The maximum atomic E-state index is 9.61. The lowest BCUT2D eigenvalue weighted by atomic mass is 9.96. The van der Waals surface area contributed by atoms with Crippen molar-refractivity contribution in [2.24, 2.45) is 0 Å². The zero-order chi connectivity index (χ0) is 9.47. The Balaban J connectivity index is 2.31. The van der Waals surface area contributed by atoms with Crippen molar-refractivity contribution in [2.75, 3.05) is 0 Å². The quantitative estimate of drug-likeness (QED) is 0.862. The molecule has 1 aromatic rings. The molecule has 0 aliphatic heterocycles. The summed E-state index contributed by atoms with van der Waals surface area (Å²) in [5.74, 6) is 0. The second-order valence-electron chi connectivity index (χ2n) is 3.69.